The maximum Gasteiger partial charge on any atom is 0.165 e. The molecule has 6 nitrogen and oxygen atoms in total. The Morgan fingerprint density at radius 3 is 2.83 bits per heavy atom. The van der Waals surface area contributed by atoms with Gasteiger partial charge in [-0.3, -0.25) is 0 Å². The van der Waals surface area contributed by atoms with E-state index in [1.807, 2.05) is 23.7 Å². The van der Waals surface area contributed by atoms with Crippen molar-refractivity contribution in [3.8, 4) is 11.5 Å². The predicted octanol–water partition coefficient (Wildman–Crippen LogP) is 2.85. The molecule has 1 aromatic heterocycles. The second-order valence-corrected chi connectivity index (χ2v) is 5.55. The van der Waals surface area contributed by atoms with Crippen LogP contribution < -0.4 is 14.8 Å². The summed E-state index contributed by atoms with van der Waals surface area (Å²) in [5.41, 5.74) is 1.08. The molecule has 0 fully saturated rings. The molecule has 1 heterocycles. The molecular weight excluding hydrogens is 292 g/mol. The van der Waals surface area contributed by atoms with Gasteiger partial charge in [0.25, 0.3) is 0 Å². The fourth-order valence-electron chi connectivity index (χ4n) is 2.38. The largest absolute Gasteiger partial charge is 0.493 e. The monoisotopic (exact) mass is 318 g/mol. The van der Waals surface area contributed by atoms with E-state index in [2.05, 4.69) is 35.4 Å². The van der Waals surface area contributed by atoms with E-state index in [9.17, 15) is 0 Å². The molecule has 0 aliphatic heterocycles. The van der Waals surface area contributed by atoms with Crippen molar-refractivity contribution < 1.29 is 9.47 Å². The van der Waals surface area contributed by atoms with Gasteiger partial charge in [0, 0.05) is 19.2 Å². The summed E-state index contributed by atoms with van der Waals surface area (Å²) in [6, 6.07) is 6.06. The first kappa shape index (κ1) is 17.3. The van der Waals surface area contributed by atoms with Crippen LogP contribution in [0.5, 0.6) is 11.5 Å². The van der Waals surface area contributed by atoms with Crippen molar-refractivity contribution in [1.29, 1.82) is 0 Å². The van der Waals surface area contributed by atoms with Crippen molar-refractivity contribution in [2.24, 2.45) is 7.05 Å². The van der Waals surface area contributed by atoms with Gasteiger partial charge in [-0.05, 0) is 19.4 Å². The van der Waals surface area contributed by atoms with Crippen LogP contribution in [0.4, 0.5) is 0 Å². The van der Waals surface area contributed by atoms with E-state index in [1.165, 1.54) is 0 Å². The van der Waals surface area contributed by atoms with Crippen LogP contribution in [0.3, 0.4) is 0 Å². The van der Waals surface area contributed by atoms with Crippen molar-refractivity contribution in [1.82, 2.24) is 20.1 Å². The van der Waals surface area contributed by atoms with Crippen molar-refractivity contribution in [2.75, 3.05) is 13.7 Å². The Kier molecular flexibility index (Phi) is 6.40. The first-order valence-corrected chi connectivity index (χ1v) is 8.03. The topological polar surface area (TPSA) is 61.2 Å². The zero-order chi connectivity index (χ0) is 16.7. The number of unbranched alkanes of at least 4 members (excludes halogenated alkanes) is 1. The molecule has 0 amide bonds. The number of ether oxygens (including phenoxy) is 2. The van der Waals surface area contributed by atoms with Crippen LogP contribution in [0, 0.1) is 0 Å². The highest BCUT2D eigenvalue weighted by molar-refractivity contribution is 5.46. The standard InChI is InChI=1S/C17H26N4O2/c1-5-6-10-23-16-14(8-7-9-15(16)22-4)11-18-13(2)17-20-19-12-21(17)3/h7-9,12-13,18H,5-6,10-11H2,1-4H3. The van der Waals surface area contributed by atoms with Crippen molar-refractivity contribution in [2.45, 2.75) is 39.3 Å². The highest BCUT2D eigenvalue weighted by atomic mass is 16.5. The summed E-state index contributed by atoms with van der Waals surface area (Å²) in [7, 11) is 3.61. The van der Waals surface area contributed by atoms with Crippen LogP contribution in [0.25, 0.3) is 0 Å². The summed E-state index contributed by atoms with van der Waals surface area (Å²) >= 11 is 0. The number of nitrogens with zero attached hydrogens (tertiary/aromatic N) is 3. The number of nitrogens with one attached hydrogen (secondary N) is 1. The van der Waals surface area contributed by atoms with Gasteiger partial charge >= 0.3 is 0 Å². The molecule has 0 spiro atoms. The second-order valence-electron chi connectivity index (χ2n) is 5.55. The number of hydrogen-bond acceptors (Lipinski definition) is 5. The lowest BCUT2D eigenvalue weighted by molar-refractivity contribution is 0.284. The normalized spacial score (nSPS) is 12.2. The fraction of sp³-hybridized carbons (Fsp3) is 0.529. The number of benzene rings is 1. The van der Waals surface area contributed by atoms with Crippen LogP contribution in [-0.4, -0.2) is 28.5 Å². The maximum absolute atomic E-state index is 5.95. The molecule has 0 aliphatic rings. The Morgan fingerprint density at radius 2 is 2.17 bits per heavy atom. The summed E-state index contributed by atoms with van der Waals surface area (Å²) in [4.78, 5) is 0. The van der Waals surface area contributed by atoms with Gasteiger partial charge in [0.2, 0.25) is 0 Å². The molecule has 6 heteroatoms. The molecule has 0 aliphatic carbocycles. The smallest absolute Gasteiger partial charge is 0.165 e. The van der Waals surface area contributed by atoms with E-state index >= 15 is 0 Å². The average molecular weight is 318 g/mol. The van der Waals surface area contributed by atoms with E-state index in [4.69, 9.17) is 9.47 Å². The number of hydrogen-bond donors (Lipinski definition) is 1. The van der Waals surface area contributed by atoms with Crippen molar-refractivity contribution in [3.63, 3.8) is 0 Å². The first-order valence-electron chi connectivity index (χ1n) is 8.03. The number of methoxy groups -OCH3 is 1. The molecule has 2 aromatic rings. The lowest BCUT2D eigenvalue weighted by Crippen LogP contribution is -2.21. The third-order valence-corrected chi connectivity index (χ3v) is 3.76. The molecule has 126 valence electrons. The molecule has 2 rings (SSSR count). The minimum atomic E-state index is 0.0946. The molecule has 0 bridgehead atoms. The summed E-state index contributed by atoms with van der Waals surface area (Å²) in [6.07, 6.45) is 3.84. The molecule has 23 heavy (non-hydrogen) atoms. The van der Waals surface area contributed by atoms with Gasteiger partial charge in [0.15, 0.2) is 11.5 Å². The molecule has 1 atom stereocenters. The number of aromatic nitrogens is 3. The van der Waals surface area contributed by atoms with Gasteiger partial charge in [0.05, 0.1) is 19.8 Å². The Hall–Kier alpha value is -2.08. The van der Waals surface area contributed by atoms with Crippen LogP contribution in [-0.2, 0) is 13.6 Å². The molecule has 1 N–H and O–H groups in total. The number of rotatable bonds is 9. The Morgan fingerprint density at radius 1 is 1.35 bits per heavy atom. The van der Waals surface area contributed by atoms with Crippen LogP contribution >= 0.6 is 0 Å². The molecule has 0 saturated carbocycles. The summed E-state index contributed by atoms with van der Waals surface area (Å²) in [5, 5.41) is 11.5. The van der Waals surface area contributed by atoms with Crippen molar-refractivity contribution in [3.05, 3.63) is 35.9 Å². The Labute approximate surface area is 137 Å². The van der Waals surface area contributed by atoms with Gasteiger partial charge in [0.1, 0.15) is 12.2 Å². The first-order chi connectivity index (χ1) is 11.2. The van der Waals surface area contributed by atoms with E-state index < -0.39 is 0 Å². The second kappa shape index (κ2) is 8.53. The number of aryl methyl sites for hydroxylation is 1. The molecule has 1 unspecified atom stereocenters. The molecular formula is C17H26N4O2. The lowest BCUT2D eigenvalue weighted by Gasteiger charge is -2.17. The van der Waals surface area contributed by atoms with Gasteiger partial charge in [-0.1, -0.05) is 25.5 Å². The Balaban J connectivity index is 2.07. The molecule has 0 saturated heterocycles. The van der Waals surface area contributed by atoms with Crippen LogP contribution in [0.1, 0.15) is 44.1 Å². The van der Waals surface area contributed by atoms with Gasteiger partial charge in [-0.15, -0.1) is 10.2 Å². The summed E-state index contributed by atoms with van der Waals surface area (Å²) in [5.74, 6) is 2.49. The third kappa shape index (κ3) is 4.45. The number of para-hydroxylation sites is 1. The van der Waals surface area contributed by atoms with Crippen LogP contribution in [0.15, 0.2) is 24.5 Å². The summed E-state index contributed by atoms with van der Waals surface area (Å²) in [6.45, 7) is 5.59. The van der Waals surface area contributed by atoms with Gasteiger partial charge < -0.3 is 19.4 Å². The predicted molar refractivity (Wildman–Crippen MR) is 89.7 cm³/mol. The lowest BCUT2D eigenvalue weighted by atomic mass is 10.1. The molecule has 0 radical (unpaired) electrons. The minimum Gasteiger partial charge on any atom is -0.493 e. The van der Waals surface area contributed by atoms with E-state index in [1.54, 1.807) is 13.4 Å². The van der Waals surface area contributed by atoms with Gasteiger partial charge in [-0.25, -0.2) is 0 Å². The van der Waals surface area contributed by atoms with E-state index in [0.29, 0.717) is 13.2 Å². The minimum absolute atomic E-state index is 0.0946. The average Bonchev–Trinajstić information content (AvgIpc) is 2.99. The Bertz CT molecular complexity index is 612. The molecule has 1 aromatic carbocycles. The third-order valence-electron chi connectivity index (χ3n) is 3.76. The van der Waals surface area contributed by atoms with Crippen LogP contribution in [0.2, 0.25) is 0 Å². The summed E-state index contributed by atoms with van der Waals surface area (Å²) < 4.78 is 13.3. The maximum atomic E-state index is 5.95. The SMILES string of the molecule is CCCCOc1c(CNC(C)c2nncn2C)cccc1OC. The fourth-order valence-corrected chi connectivity index (χ4v) is 2.38. The van der Waals surface area contributed by atoms with E-state index in [0.717, 1.165) is 35.7 Å². The van der Waals surface area contributed by atoms with Crippen molar-refractivity contribution >= 4 is 0 Å². The van der Waals surface area contributed by atoms with Gasteiger partial charge in [-0.2, -0.15) is 0 Å². The van der Waals surface area contributed by atoms with E-state index in [-0.39, 0.29) is 6.04 Å². The quantitative estimate of drug-likeness (QED) is 0.720. The highest BCUT2D eigenvalue weighted by Gasteiger charge is 2.14. The highest BCUT2D eigenvalue weighted by Crippen LogP contribution is 2.31. The zero-order valence-corrected chi connectivity index (χ0v) is 14.4. The zero-order valence-electron chi connectivity index (χ0n) is 14.4.